The molecule has 4 amide bonds. The molecular weight excluding hydrogens is 750 g/mol. The van der Waals surface area contributed by atoms with E-state index in [4.69, 9.17) is 16.3 Å². The number of ether oxygens (including phenoxy) is 1. The Bertz CT molecular complexity index is 2100. The van der Waals surface area contributed by atoms with Gasteiger partial charge in [0.05, 0.1) is 36.8 Å². The summed E-state index contributed by atoms with van der Waals surface area (Å²) in [7, 11) is 3.17. The number of halogens is 1. The fraction of sp³-hybridized carbons (Fsp3) is 0.350. The Hall–Kier alpha value is -6.13. The number of rotatable bonds is 12. The minimum atomic E-state index is -0.415. The van der Waals surface area contributed by atoms with Gasteiger partial charge < -0.3 is 40.7 Å². The van der Waals surface area contributed by atoms with Crippen LogP contribution in [0, 0.1) is 0 Å². The Morgan fingerprint density at radius 2 is 1.58 bits per heavy atom. The molecule has 3 saturated heterocycles. The van der Waals surface area contributed by atoms with Crippen LogP contribution in [-0.4, -0.2) is 122 Å². The van der Waals surface area contributed by atoms with Gasteiger partial charge in [-0.1, -0.05) is 23.7 Å². The highest BCUT2D eigenvalue weighted by Crippen LogP contribution is 2.33. The lowest BCUT2D eigenvalue weighted by Crippen LogP contribution is -2.54. The lowest BCUT2D eigenvalue weighted by molar-refractivity contribution is -0.134. The van der Waals surface area contributed by atoms with Gasteiger partial charge in [-0.3, -0.25) is 29.4 Å². The van der Waals surface area contributed by atoms with E-state index in [1.165, 1.54) is 6.20 Å². The van der Waals surface area contributed by atoms with Gasteiger partial charge >= 0.3 is 0 Å². The maximum Gasteiger partial charge on any atom is 0.253 e. The molecule has 4 aromatic rings. The number of aromatic nitrogens is 2. The molecule has 16 nitrogen and oxygen atoms in total. The number of carbonyl (C=O) groups excluding carboxylic acids is 4. The van der Waals surface area contributed by atoms with E-state index in [1.54, 1.807) is 32.4 Å². The van der Waals surface area contributed by atoms with Crippen LogP contribution in [0.3, 0.4) is 0 Å². The van der Waals surface area contributed by atoms with Gasteiger partial charge in [0.25, 0.3) is 5.91 Å². The molecule has 298 valence electrons. The van der Waals surface area contributed by atoms with Gasteiger partial charge in [0.15, 0.2) is 5.82 Å². The molecule has 1 aromatic heterocycles. The van der Waals surface area contributed by atoms with Crippen LogP contribution in [0.25, 0.3) is 0 Å². The molecule has 4 heterocycles. The van der Waals surface area contributed by atoms with Crippen LogP contribution in [0.4, 0.5) is 40.2 Å². The summed E-state index contributed by atoms with van der Waals surface area (Å²) < 4.78 is 5.74. The number of carbonyl (C=O) groups is 4. The summed E-state index contributed by atoms with van der Waals surface area (Å²) in [6.45, 7) is 6.21. The molecule has 57 heavy (non-hydrogen) atoms. The van der Waals surface area contributed by atoms with Crippen molar-refractivity contribution >= 4 is 75.4 Å². The van der Waals surface area contributed by atoms with E-state index in [9.17, 15) is 19.2 Å². The standard InChI is InChI=1S/C40H46ClN11O5/c1-42-38(55)29-5-3-4-6-31(29)45-37-30(41)24-43-40(48-37)46-32-12-11-28(23-34(32)57-2)51-19-21-52(22-20-51)36(54)25-49-15-17-50(18-16-49)27-9-7-26(8-10-27)44-33-13-14-35(53)47-39(33)56/h3-12,23-24,33,44H,13-22,25H2,1-2H3,(H,42,55)(H,47,53,56)(H2,43,45,46,48). The van der Waals surface area contributed by atoms with Gasteiger partial charge in [0.1, 0.15) is 16.8 Å². The number of piperidine rings is 1. The molecule has 0 saturated carbocycles. The molecule has 0 aliphatic carbocycles. The van der Waals surface area contributed by atoms with E-state index >= 15 is 0 Å². The Kier molecular flexibility index (Phi) is 12.2. The highest BCUT2D eigenvalue weighted by atomic mass is 35.5. The van der Waals surface area contributed by atoms with E-state index < -0.39 is 6.04 Å². The van der Waals surface area contributed by atoms with Crippen LogP contribution in [0.1, 0.15) is 23.2 Å². The van der Waals surface area contributed by atoms with E-state index in [0.717, 1.165) is 43.2 Å². The topological polar surface area (TPSA) is 176 Å². The Morgan fingerprint density at radius 3 is 2.30 bits per heavy atom. The van der Waals surface area contributed by atoms with Crippen molar-refractivity contribution < 1.29 is 23.9 Å². The van der Waals surface area contributed by atoms with Gasteiger partial charge in [-0.2, -0.15) is 4.98 Å². The predicted molar refractivity (Wildman–Crippen MR) is 220 cm³/mol. The first-order chi connectivity index (χ1) is 27.7. The summed E-state index contributed by atoms with van der Waals surface area (Å²) in [6.07, 6.45) is 2.30. The SMILES string of the molecule is CNC(=O)c1ccccc1Nc1nc(Nc2ccc(N3CCN(C(=O)CN4CCN(c5ccc(NC6CCC(=O)NC6=O)cc5)CC4)CC3)cc2OC)ncc1Cl. The molecule has 1 atom stereocenters. The second-order valence-electron chi connectivity index (χ2n) is 14.0. The zero-order valence-corrected chi connectivity index (χ0v) is 32.6. The summed E-state index contributed by atoms with van der Waals surface area (Å²) >= 11 is 6.43. The van der Waals surface area contributed by atoms with Crippen LogP contribution < -0.4 is 41.1 Å². The lowest BCUT2D eigenvalue weighted by atomic mass is 10.1. The van der Waals surface area contributed by atoms with Crippen molar-refractivity contribution in [2.24, 2.45) is 0 Å². The minimum absolute atomic E-state index is 0.137. The van der Waals surface area contributed by atoms with Gasteiger partial charge in [-0.25, -0.2) is 4.98 Å². The zero-order chi connectivity index (χ0) is 39.9. The Morgan fingerprint density at radius 1 is 0.877 bits per heavy atom. The molecule has 0 radical (unpaired) electrons. The Labute approximate surface area is 335 Å². The van der Waals surface area contributed by atoms with E-state index in [2.05, 4.69) is 51.3 Å². The number of anilines is 7. The number of benzene rings is 3. The zero-order valence-electron chi connectivity index (χ0n) is 31.9. The monoisotopic (exact) mass is 795 g/mol. The molecule has 3 aliphatic heterocycles. The summed E-state index contributed by atoms with van der Waals surface area (Å²) in [6, 6.07) is 20.5. The fourth-order valence-electron chi connectivity index (χ4n) is 7.14. The summed E-state index contributed by atoms with van der Waals surface area (Å²) in [5.74, 6) is 0.600. The number of hydrogen-bond donors (Lipinski definition) is 5. The van der Waals surface area contributed by atoms with Gasteiger partial charge in [-0.05, 0) is 55.0 Å². The van der Waals surface area contributed by atoms with Crippen molar-refractivity contribution in [3.05, 3.63) is 83.5 Å². The quantitative estimate of drug-likeness (QED) is 0.132. The molecule has 0 spiro atoms. The van der Waals surface area contributed by atoms with E-state index in [-0.39, 0.29) is 34.6 Å². The average Bonchev–Trinajstić information content (AvgIpc) is 3.23. The van der Waals surface area contributed by atoms with Crippen molar-refractivity contribution in [2.45, 2.75) is 18.9 Å². The minimum Gasteiger partial charge on any atom is -0.494 e. The number of methoxy groups -OCH3 is 1. The van der Waals surface area contributed by atoms with Gasteiger partial charge in [-0.15, -0.1) is 0 Å². The molecule has 5 N–H and O–H groups in total. The molecular formula is C40H46ClN11O5. The number of imide groups is 1. The number of para-hydroxylation sites is 1. The largest absolute Gasteiger partial charge is 0.494 e. The Balaban J connectivity index is 0.878. The lowest BCUT2D eigenvalue weighted by Gasteiger charge is -2.39. The van der Waals surface area contributed by atoms with Crippen LogP contribution in [0.2, 0.25) is 5.02 Å². The molecule has 3 fully saturated rings. The first-order valence-electron chi connectivity index (χ1n) is 18.9. The average molecular weight is 796 g/mol. The number of amides is 4. The first-order valence-corrected chi connectivity index (χ1v) is 19.3. The molecule has 3 aromatic carbocycles. The van der Waals surface area contributed by atoms with Crippen molar-refractivity contribution in [1.29, 1.82) is 0 Å². The number of nitrogens with zero attached hydrogens (tertiary/aromatic N) is 6. The normalized spacial score (nSPS) is 17.5. The van der Waals surface area contributed by atoms with Crippen molar-refractivity contribution in [3.8, 4) is 5.75 Å². The van der Waals surface area contributed by atoms with E-state index in [1.807, 2.05) is 53.4 Å². The number of piperazine rings is 2. The van der Waals surface area contributed by atoms with Crippen LogP contribution in [0.5, 0.6) is 5.75 Å². The van der Waals surface area contributed by atoms with Crippen molar-refractivity contribution in [1.82, 2.24) is 30.4 Å². The molecule has 0 bridgehead atoms. The third kappa shape index (κ3) is 9.47. The predicted octanol–water partition coefficient (Wildman–Crippen LogP) is 3.67. The molecule has 17 heteroatoms. The van der Waals surface area contributed by atoms with Crippen LogP contribution in [-0.2, 0) is 14.4 Å². The van der Waals surface area contributed by atoms with E-state index in [0.29, 0.717) is 74.1 Å². The summed E-state index contributed by atoms with van der Waals surface area (Å²) in [4.78, 5) is 66.9. The maximum atomic E-state index is 13.4. The van der Waals surface area contributed by atoms with Crippen LogP contribution >= 0.6 is 11.6 Å². The third-order valence-corrected chi connectivity index (χ3v) is 10.6. The molecule has 3 aliphatic rings. The first kappa shape index (κ1) is 39.1. The fourth-order valence-corrected chi connectivity index (χ4v) is 7.28. The second-order valence-corrected chi connectivity index (χ2v) is 14.4. The number of nitrogens with one attached hydrogen (secondary N) is 5. The van der Waals surface area contributed by atoms with Crippen molar-refractivity contribution in [3.63, 3.8) is 0 Å². The van der Waals surface area contributed by atoms with Crippen LogP contribution in [0.15, 0.2) is 72.9 Å². The highest BCUT2D eigenvalue weighted by Gasteiger charge is 2.28. The molecule has 1 unspecified atom stereocenters. The van der Waals surface area contributed by atoms with Gasteiger partial charge in [0.2, 0.25) is 23.7 Å². The van der Waals surface area contributed by atoms with Crippen molar-refractivity contribution in [2.75, 3.05) is 98.8 Å². The second kappa shape index (κ2) is 17.8. The number of hydrogen-bond acceptors (Lipinski definition) is 13. The summed E-state index contributed by atoms with van der Waals surface area (Å²) in [5, 5.41) is 14.9. The highest BCUT2D eigenvalue weighted by molar-refractivity contribution is 6.33. The smallest absolute Gasteiger partial charge is 0.253 e. The maximum absolute atomic E-state index is 13.4. The van der Waals surface area contributed by atoms with Gasteiger partial charge in [0, 0.05) is 89.0 Å². The molecule has 7 rings (SSSR count). The summed E-state index contributed by atoms with van der Waals surface area (Å²) in [5.41, 5.74) is 4.56. The third-order valence-electron chi connectivity index (χ3n) is 10.4.